The Morgan fingerprint density at radius 1 is 1.32 bits per heavy atom. The average molecular weight is 267 g/mol. The first-order valence-electron chi connectivity index (χ1n) is 7.64. The Bertz CT molecular complexity index is 338. The third-order valence-electron chi connectivity index (χ3n) is 3.39. The molecule has 110 valence electrons. The van der Waals surface area contributed by atoms with Crippen LogP contribution in [0, 0.1) is 0 Å². The van der Waals surface area contributed by atoms with Gasteiger partial charge >= 0.3 is 0 Å². The Hall–Kier alpha value is -1.03. The smallest absolute Gasteiger partial charge is 0.297 e. The second-order valence-corrected chi connectivity index (χ2v) is 5.10. The largest absolute Gasteiger partial charge is 0.432 e. The SMILES string of the molecule is CCCCN(c1nc(CNCCC)co1)C(C)CC. The minimum Gasteiger partial charge on any atom is -0.432 e. The molecule has 1 atom stereocenters. The highest BCUT2D eigenvalue weighted by molar-refractivity contribution is 5.28. The quantitative estimate of drug-likeness (QED) is 0.658. The molecular formula is C15H29N3O. The van der Waals surface area contributed by atoms with E-state index >= 15 is 0 Å². The molecule has 0 aromatic carbocycles. The molecule has 4 nitrogen and oxygen atoms in total. The minimum absolute atomic E-state index is 0.474. The average Bonchev–Trinajstić information content (AvgIpc) is 2.88. The van der Waals surface area contributed by atoms with Crippen LogP contribution >= 0.6 is 0 Å². The summed E-state index contributed by atoms with van der Waals surface area (Å²) in [6.07, 6.45) is 6.39. The van der Waals surface area contributed by atoms with Crippen LogP contribution in [0.3, 0.4) is 0 Å². The van der Waals surface area contributed by atoms with E-state index in [0.717, 1.165) is 44.2 Å². The molecule has 0 radical (unpaired) electrons. The van der Waals surface area contributed by atoms with Gasteiger partial charge in [-0.3, -0.25) is 0 Å². The first-order chi connectivity index (χ1) is 9.22. The highest BCUT2D eigenvalue weighted by atomic mass is 16.4. The number of anilines is 1. The molecule has 0 saturated heterocycles. The van der Waals surface area contributed by atoms with Crippen molar-refractivity contribution in [3.8, 4) is 0 Å². The van der Waals surface area contributed by atoms with E-state index in [4.69, 9.17) is 4.42 Å². The molecule has 1 unspecified atom stereocenters. The van der Waals surface area contributed by atoms with Crippen molar-refractivity contribution >= 4 is 6.01 Å². The lowest BCUT2D eigenvalue weighted by Crippen LogP contribution is -2.33. The fourth-order valence-corrected chi connectivity index (χ4v) is 1.96. The zero-order valence-electron chi connectivity index (χ0n) is 12.9. The lowest BCUT2D eigenvalue weighted by atomic mass is 10.2. The number of rotatable bonds is 10. The van der Waals surface area contributed by atoms with Gasteiger partial charge in [0, 0.05) is 19.1 Å². The van der Waals surface area contributed by atoms with Crippen LogP contribution in [0.5, 0.6) is 0 Å². The van der Waals surface area contributed by atoms with Crippen molar-refractivity contribution in [1.29, 1.82) is 0 Å². The Balaban J connectivity index is 2.62. The predicted molar refractivity (Wildman–Crippen MR) is 80.5 cm³/mol. The third-order valence-corrected chi connectivity index (χ3v) is 3.39. The molecule has 1 heterocycles. The second-order valence-electron chi connectivity index (χ2n) is 5.10. The molecule has 0 fully saturated rings. The molecule has 1 rings (SSSR count). The zero-order chi connectivity index (χ0) is 14.1. The number of oxazole rings is 1. The van der Waals surface area contributed by atoms with Gasteiger partial charge < -0.3 is 14.6 Å². The monoisotopic (exact) mass is 267 g/mol. The van der Waals surface area contributed by atoms with E-state index in [0.29, 0.717) is 6.04 Å². The topological polar surface area (TPSA) is 41.3 Å². The van der Waals surface area contributed by atoms with Crippen molar-refractivity contribution in [2.24, 2.45) is 0 Å². The Morgan fingerprint density at radius 2 is 2.11 bits per heavy atom. The normalized spacial score (nSPS) is 12.6. The van der Waals surface area contributed by atoms with Crippen molar-refractivity contribution < 1.29 is 4.42 Å². The van der Waals surface area contributed by atoms with Gasteiger partial charge in [0.05, 0.1) is 5.69 Å². The van der Waals surface area contributed by atoms with Gasteiger partial charge in [0.15, 0.2) is 0 Å². The van der Waals surface area contributed by atoms with Crippen LogP contribution in [0.2, 0.25) is 0 Å². The van der Waals surface area contributed by atoms with Crippen LogP contribution in [0.4, 0.5) is 6.01 Å². The molecule has 0 amide bonds. The van der Waals surface area contributed by atoms with Crippen molar-refractivity contribution in [2.45, 2.75) is 66.0 Å². The van der Waals surface area contributed by atoms with E-state index in [1.807, 2.05) is 0 Å². The summed E-state index contributed by atoms with van der Waals surface area (Å²) in [7, 11) is 0. The van der Waals surface area contributed by atoms with Gasteiger partial charge in [-0.2, -0.15) is 4.98 Å². The van der Waals surface area contributed by atoms with E-state index in [1.165, 1.54) is 12.8 Å². The van der Waals surface area contributed by atoms with Crippen LogP contribution in [0.15, 0.2) is 10.7 Å². The first kappa shape index (κ1) is 16.0. The fourth-order valence-electron chi connectivity index (χ4n) is 1.96. The molecule has 0 saturated carbocycles. The lowest BCUT2D eigenvalue weighted by molar-refractivity contribution is 0.489. The van der Waals surface area contributed by atoms with Gasteiger partial charge in [-0.15, -0.1) is 0 Å². The highest BCUT2D eigenvalue weighted by Crippen LogP contribution is 2.18. The van der Waals surface area contributed by atoms with Gasteiger partial charge in [0.1, 0.15) is 6.26 Å². The summed E-state index contributed by atoms with van der Waals surface area (Å²) in [5.74, 6) is 0. The van der Waals surface area contributed by atoms with Crippen molar-refractivity contribution in [3.63, 3.8) is 0 Å². The van der Waals surface area contributed by atoms with Gasteiger partial charge in [0.25, 0.3) is 6.01 Å². The van der Waals surface area contributed by atoms with E-state index in [1.54, 1.807) is 6.26 Å². The summed E-state index contributed by atoms with van der Waals surface area (Å²) < 4.78 is 5.65. The summed E-state index contributed by atoms with van der Waals surface area (Å²) in [5, 5.41) is 3.35. The number of hydrogen-bond acceptors (Lipinski definition) is 4. The molecule has 19 heavy (non-hydrogen) atoms. The van der Waals surface area contributed by atoms with Gasteiger partial charge in [-0.25, -0.2) is 0 Å². The van der Waals surface area contributed by atoms with Gasteiger partial charge in [-0.1, -0.05) is 27.2 Å². The molecular weight excluding hydrogens is 238 g/mol. The molecule has 1 aromatic rings. The Labute approximate surface area is 117 Å². The summed E-state index contributed by atoms with van der Waals surface area (Å²) in [4.78, 5) is 6.89. The number of unbranched alkanes of at least 4 members (excludes halogenated alkanes) is 1. The van der Waals surface area contributed by atoms with Gasteiger partial charge in [-0.05, 0) is 32.7 Å². The molecule has 0 spiro atoms. The molecule has 0 aliphatic rings. The number of nitrogens with zero attached hydrogens (tertiary/aromatic N) is 2. The van der Waals surface area contributed by atoms with Crippen LogP contribution in [-0.2, 0) is 6.54 Å². The maximum absolute atomic E-state index is 5.65. The molecule has 0 aliphatic heterocycles. The summed E-state index contributed by atoms with van der Waals surface area (Å²) in [6, 6.07) is 1.25. The molecule has 0 bridgehead atoms. The first-order valence-corrected chi connectivity index (χ1v) is 7.64. The summed E-state index contributed by atoms with van der Waals surface area (Å²) in [6.45, 7) is 11.6. The Morgan fingerprint density at radius 3 is 2.74 bits per heavy atom. The lowest BCUT2D eigenvalue weighted by Gasteiger charge is -2.26. The van der Waals surface area contributed by atoms with Crippen LogP contribution in [0.1, 0.15) is 59.1 Å². The van der Waals surface area contributed by atoms with Crippen LogP contribution in [-0.4, -0.2) is 24.1 Å². The standard InChI is InChI=1S/C15H29N3O/c1-5-8-10-18(13(4)7-3)15-17-14(12-19-15)11-16-9-6-2/h12-13,16H,5-11H2,1-4H3. The third kappa shape index (κ3) is 5.23. The highest BCUT2D eigenvalue weighted by Gasteiger charge is 2.17. The maximum atomic E-state index is 5.65. The predicted octanol–water partition coefficient (Wildman–Crippen LogP) is 3.58. The minimum atomic E-state index is 0.474. The number of nitrogens with one attached hydrogen (secondary N) is 1. The van der Waals surface area contributed by atoms with Crippen molar-refractivity contribution in [2.75, 3.05) is 18.0 Å². The molecule has 1 N–H and O–H groups in total. The number of aromatic nitrogens is 1. The van der Waals surface area contributed by atoms with Crippen LogP contribution in [0.25, 0.3) is 0 Å². The van der Waals surface area contributed by atoms with E-state index in [9.17, 15) is 0 Å². The summed E-state index contributed by atoms with van der Waals surface area (Å²) >= 11 is 0. The van der Waals surface area contributed by atoms with Crippen molar-refractivity contribution in [1.82, 2.24) is 10.3 Å². The summed E-state index contributed by atoms with van der Waals surface area (Å²) in [5.41, 5.74) is 0.994. The van der Waals surface area contributed by atoms with Gasteiger partial charge in [0.2, 0.25) is 0 Å². The van der Waals surface area contributed by atoms with Crippen molar-refractivity contribution in [3.05, 3.63) is 12.0 Å². The maximum Gasteiger partial charge on any atom is 0.297 e. The molecule has 0 aliphatic carbocycles. The van der Waals surface area contributed by atoms with E-state index < -0.39 is 0 Å². The Kier molecular flexibility index (Phi) is 7.56. The molecule has 1 aromatic heterocycles. The van der Waals surface area contributed by atoms with Crippen LogP contribution < -0.4 is 10.2 Å². The van der Waals surface area contributed by atoms with E-state index in [2.05, 4.69) is 42.9 Å². The number of hydrogen-bond donors (Lipinski definition) is 1. The zero-order valence-corrected chi connectivity index (χ0v) is 12.9. The second kappa shape index (κ2) is 8.97. The molecule has 4 heteroatoms. The van der Waals surface area contributed by atoms with E-state index in [-0.39, 0.29) is 0 Å². The fraction of sp³-hybridized carbons (Fsp3) is 0.800.